The summed E-state index contributed by atoms with van der Waals surface area (Å²) >= 11 is 0. The molecule has 0 bridgehead atoms. The Hall–Kier alpha value is -2.47. The van der Waals surface area contributed by atoms with E-state index in [-0.39, 0.29) is 11.7 Å². The van der Waals surface area contributed by atoms with Crippen LogP contribution in [-0.4, -0.2) is 30.6 Å². The Balaban J connectivity index is 1.69. The fraction of sp³-hybridized carbons (Fsp3) is 0.250. The summed E-state index contributed by atoms with van der Waals surface area (Å²) in [5, 5.41) is 5.91. The smallest absolute Gasteiger partial charge is 0.259 e. The van der Waals surface area contributed by atoms with Gasteiger partial charge < -0.3 is 15.4 Å². The molecule has 1 aromatic carbocycles. The second kappa shape index (κ2) is 6.53. The number of carbonyl (C=O) groups excluding carboxylic acids is 1. The highest BCUT2D eigenvalue weighted by atomic mass is 19.1. The van der Waals surface area contributed by atoms with E-state index in [4.69, 9.17) is 4.74 Å². The van der Waals surface area contributed by atoms with Crippen molar-refractivity contribution in [3.05, 3.63) is 54.0 Å². The van der Waals surface area contributed by atoms with Gasteiger partial charge in [-0.2, -0.15) is 0 Å². The van der Waals surface area contributed by atoms with E-state index in [2.05, 4.69) is 15.6 Å². The van der Waals surface area contributed by atoms with E-state index < -0.39 is 0 Å². The fourth-order valence-corrected chi connectivity index (χ4v) is 2.10. The lowest BCUT2D eigenvalue weighted by atomic mass is 10.1. The first-order valence-corrected chi connectivity index (χ1v) is 7.06. The molecular formula is C16H16FN3O2. The van der Waals surface area contributed by atoms with Crippen LogP contribution in [0.1, 0.15) is 10.4 Å². The molecule has 0 atom stereocenters. The SMILES string of the molecule is O=C(Nc1ccc(F)cc1)c1cccnc1NCC1COC1. The first kappa shape index (κ1) is 14.5. The number of hydrogen-bond donors (Lipinski definition) is 2. The van der Waals surface area contributed by atoms with E-state index in [9.17, 15) is 9.18 Å². The Labute approximate surface area is 127 Å². The molecule has 2 aromatic rings. The predicted octanol–water partition coefficient (Wildman–Crippen LogP) is 2.53. The zero-order valence-electron chi connectivity index (χ0n) is 11.9. The van der Waals surface area contributed by atoms with E-state index in [0.717, 1.165) is 13.2 Å². The summed E-state index contributed by atoms with van der Waals surface area (Å²) in [6.07, 6.45) is 1.63. The Morgan fingerprint density at radius 2 is 2.05 bits per heavy atom. The molecular weight excluding hydrogens is 285 g/mol. The Bertz CT molecular complexity index is 657. The van der Waals surface area contributed by atoms with Crippen molar-refractivity contribution < 1.29 is 13.9 Å². The summed E-state index contributed by atoms with van der Waals surface area (Å²) < 4.78 is 18.0. The molecule has 1 fully saturated rings. The minimum Gasteiger partial charge on any atom is -0.381 e. The zero-order valence-corrected chi connectivity index (χ0v) is 11.9. The first-order chi connectivity index (χ1) is 10.7. The molecule has 1 amide bonds. The molecule has 5 nitrogen and oxygen atoms in total. The van der Waals surface area contributed by atoms with Crippen LogP contribution < -0.4 is 10.6 Å². The van der Waals surface area contributed by atoms with E-state index in [1.807, 2.05) is 0 Å². The predicted molar refractivity (Wildman–Crippen MR) is 81.4 cm³/mol. The molecule has 1 aliphatic rings. The summed E-state index contributed by atoms with van der Waals surface area (Å²) in [4.78, 5) is 16.6. The van der Waals surface area contributed by atoms with Gasteiger partial charge in [-0.25, -0.2) is 9.37 Å². The summed E-state index contributed by atoms with van der Waals surface area (Å²) in [7, 11) is 0. The Kier molecular flexibility index (Phi) is 4.29. The summed E-state index contributed by atoms with van der Waals surface area (Å²) in [5.74, 6) is 0.362. The van der Waals surface area contributed by atoms with Gasteiger partial charge in [0.2, 0.25) is 0 Å². The lowest BCUT2D eigenvalue weighted by Crippen LogP contribution is -2.34. The summed E-state index contributed by atoms with van der Waals surface area (Å²) in [6, 6.07) is 9.04. The van der Waals surface area contributed by atoms with Crippen molar-refractivity contribution in [3.63, 3.8) is 0 Å². The van der Waals surface area contributed by atoms with Crippen LogP contribution in [0.5, 0.6) is 0 Å². The highest BCUT2D eigenvalue weighted by Gasteiger charge is 2.19. The minimum atomic E-state index is -0.343. The number of nitrogens with zero attached hydrogens (tertiary/aromatic N) is 1. The van der Waals surface area contributed by atoms with Crippen molar-refractivity contribution in [3.8, 4) is 0 Å². The maximum Gasteiger partial charge on any atom is 0.259 e. The number of anilines is 2. The molecule has 22 heavy (non-hydrogen) atoms. The van der Waals surface area contributed by atoms with E-state index in [1.165, 1.54) is 24.3 Å². The number of ether oxygens (including phenoxy) is 1. The number of carbonyl (C=O) groups is 1. The van der Waals surface area contributed by atoms with Gasteiger partial charge in [0.25, 0.3) is 5.91 Å². The normalized spacial score (nSPS) is 14.2. The molecule has 0 spiro atoms. The molecule has 1 aliphatic heterocycles. The average Bonchev–Trinajstić information content (AvgIpc) is 2.48. The number of aromatic nitrogens is 1. The van der Waals surface area contributed by atoms with Crippen LogP contribution in [-0.2, 0) is 4.74 Å². The van der Waals surface area contributed by atoms with Gasteiger partial charge in [0, 0.05) is 24.3 Å². The number of benzene rings is 1. The fourth-order valence-electron chi connectivity index (χ4n) is 2.10. The third-order valence-electron chi connectivity index (χ3n) is 3.42. The summed E-state index contributed by atoms with van der Waals surface area (Å²) in [6.45, 7) is 2.18. The first-order valence-electron chi connectivity index (χ1n) is 7.06. The van der Waals surface area contributed by atoms with Gasteiger partial charge in [-0.3, -0.25) is 4.79 Å². The van der Waals surface area contributed by atoms with Crippen LogP contribution in [0.25, 0.3) is 0 Å². The van der Waals surface area contributed by atoms with Gasteiger partial charge in [0.05, 0.1) is 18.8 Å². The van der Waals surface area contributed by atoms with Crippen molar-refractivity contribution in [2.75, 3.05) is 30.4 Å². The molecule has 0 radical (unpaired) electrons. The maximum absolute atomic E-state index is 12.9. The number of amides is 1. The number of pyridine rings is 1. The second-order valence-electron chi connectivity index (χ2n) is 5.14. The van der Waals surface area contributed by atoms with E-state index in [1.54, 1.807) is 18.3 Å². The van der Waals surface area contributed by atoms with Crippen molar-refractivity contribution >= 4 is 17.4 Å². The van der Waals surface area contributed by atoms with Crippen molar-refractivity contribution in [1.29, 1.82) is 0 Å². The molecule has 6 heteroatoms. The third kappa shape index (κ3) is 3.40. The van der Waals surface area contributed by atoms with Crippen molar-refractivity contribution in [2.45, 2.75) is 0 Å². The quantitative estimate of drug-likeness (QED) is 0.891. The summed E-state index contributed by atoms with van der Waals surface area (Å²) in [5.41, 5.74) is 0.987. The molecule has 1 saturated heterocycles. The molecule has 3 rings (SSSR count). The van der Waals surface area contributed by atoms with Crippen LogP contribution in [0.15, 0.2) is 42.6 Å². The van der Waals surface area contributed by atoms with Gasteiger partial charge in [0.1, 0.15) is 11.6 Å². The Morgan fingerprint density at radius 1 is 1.27 bits per heavy atom. The van der Waals surface area contributed by atoms with Crippen LogP contribution in [0.4, 0.5) is 15.9 Å². The Morgan fingerprint density at radius 3 is 2.73 bits per heavy atom. The number of halogens is 1. The topological polar surface area (TPSA) is 63.2 Å². The van der Waals surface area contributed by atoms with E-state index >= 15 is 0 Å². The van der Waals surface area contributed by atoms with Crippen LogP contribution in [0.2, 0.25) is 0 Å². The molecule has 0 aliphatic carbocycles. The maximum atomic E-state index is 12.9. The standard InChI is InChI=1S/C16H16FN3O2/c17-12-3-5-13(6-4-12)20-16(21)14-2-1-7-18-15(14)19-8-11-9-22-10-11/h1-7,11H,8-10H2,(H,18,19)(H,20,21). The largest absolute Gasteiger partial charge is 0.381 e. The number of nitrogens with one attached hydrogen (secondary N) is 2. The highest BCUT2D eigenvalue weighted by Crippen LogP contribution is 2.17. The minimum absolute atomic E-state index is 0.285. The number of hydrogen-bond acceptors (Lipinski definition) is 4. The zero-order chi connectivity index (χ0) is 15.4. The van der Waals surface area contributed by atoms with Gasteiger partial charge in [-0.05, 0) is 36.4 Å². The molecule has 2 N–H and O–H groups in total. The second-order valence-corrected chi connectivity index (χ2v) is 5.14. The van der Waals surface area contributed by atoms with Gasteiger partial charge in [0.15, 0.2) is 0 Å². The van der Waals surface area contributed by atoms with Crippen molar-refractivity contribution in [2.24, 2.45) is 5.92 Å². The molecule has 114 valence electrons. The van der Waals surface area contributed by atoms with Crippen LogP contribution >= 0.6 is 0 Å². The molecule has 2 heterocycles. The third-order valence-corrected chi connectivity index (χ3v) is 3.42. The van der Waals surface area contributed by atoms with Crippen LogP contribution in [0, 0.1) is 11.7 Å². The number of rotatable bonds is 5. The monoisotopic (exact) mass is 301 g/mol. The van der Waals surface area contributed by atoms with Gasteiger partial charge >= 0.3 is 0 Å². The van der Waals surface area contributed by atoms with Crippen LogP contribution in [0.3, 0.4) is 0 Å². The highest BCUT2D eigenvalue weighted by molar-refractivity contribution is 6.07. The molecule has 1 aromatic heterocycles. The lowest BCUT2D eigenvalue weighted by molar-refractivity contribution is -0.0248. The molecule has 0 saturated carbocycles. The lowest BCUT2D eigenvalue weighted by Gasteiger charge is -2.26. The van der Waals surface area contributed by atoms with E-state index in [0.29, 0.717) is 29.5 Å². The molecule has 0 unspecified atom stereocenters. The van der Waals surface area contributed by atoms with Gasteiger partial charge in [-0.15, -0.1) is 0 Å². The average molecular weight is 301 g/mol. The van der Waals surface area contributed by atoms with Gasteiger partial charge in [-0.1, -0.05) is 0 Å². The van der Waals surface area contributed by atoms with Crippen molar-refractivity contribution in [1.82, 2.24) is 4.98 Å².